The molecule has 1 aromatic rings. The molecule has 0 saturated heterocycles. The maximum atomic E-state index is 12.1. The summed E-state index contributed by atoms with van der Waals surface area (Å²) in [6.07, 6.45) is -3.96. The van der Waals surface area contributed by atoms with Crippen LogP contribution in [0, 0.1) is 0 Å². The Morgan fingerprint density at radius 3 is 2.29 bits per heavy atom. The van der Waals surface area contributed by atoms with Crippen molar-refractivity contribution in [2.45, 2.75) is 38.9 Å². The lowest BCUT2D eigenvalue weighted by Gasteiger charge is -2.22. The van der Waals surface area contributed by atoms with Crippen LogP contribution in [0.2, 0.25) is 0 Å². The van der Waals surface area contributed by atoms with E-state index in [-0.39, 0.29) is 5.82 Å². The molecule has 1 rings (SSSR count). The highest BCUT2D eigenvalue weighted by molar-refractivity contribution is 4.94. The second kappa shape index (κ2) is 3.25. The zero-order chi connectivity index (χ0) is 11.0. The van der Waals surface area contributed by atoms with E-state index in [1.165, 1.54) is 10.9 Å². The Morgan fingerprint density at radius 1 is 1.29 bits per heavy atom. The van der Waals surface area contributed by atoms with Crippen LogP contribution in [-0.4, -0.2) is 20.9 Å². The van der Waals surface area contributed by atoms with Crippen molar-refractivity contribution in [2.75, 3.05) is 0 Å². The van der Waals surface area contributed by atoms with Crippen molar-refractivity contribution in [3.8, 4) is 0 Å². The van der Waals surface area contributed by atoms with Gasteiger partial charge in [-0.25, -0.2) is 0 Å². The normalized spacial score (nSPS) is 13.3. The highest BCUT2D eigenvalue weighted by atomic mass is 19.4. The largest absolute Gasteiger partial charge is 0.396 e. The van der Waals surface area contributed by atoms with Crippen molar-refractivity contribution in [3.63, 3.8) is 0 Å². The second-order valence-electron chi connectivity index (χ2n) is 4.08. The van der Waals surface area contributed by atoms with Crippen LogP contribution in [0.15, 0.2) is 6.33 Å². The van der Waals surface area contributed by atoms with Crippen molar-refractivity contribution in [3.05, 3.63) is 12.2 Å². The first-order chi connectivity index (χ1) is 6.20. The van der Waals surface area contributed by atoms with E-state index in [4.69, 9.17) is 0 Å². The van der Waals surface area contributed by atoms with E-state index >= 15 is 0 Å². The third-order valence-electron chi connectivity index (χ3n) is 1.70. The standard InChI is InChI=1S/C8H12F3N3/c1-7(2,3)14-5-12-13-6(14)4-8(9,10)11/h5H,4H2,1-3H3. The molecule has 1 heterocycles. The molecule has 0 amide bonds. The summed E-state index contributed by atoms with van der Waals surface area (Å²) in [5.74, 6) is -0.0509. The van der Waals surface area contributed by atoms with Crippen LogP contribution in [0.4, 0.5) is 13.2 Å². The van der Waals surface area contributed by atoms with Crippen LogP contribution in [0.1, 0.15) is 26.6 Å². The quantitative estimate of drug-likeness (QED) is 0.706. The van der Waals surface area contributed by atoms with Gasteiger partial charge in [-0.3, -0.25) is 0 Å². The topological polar surface area (TPSA) is 30.7 Å². The van der Waals surface area contributed by atoms with Gasteiger partial charge in [0.15, 0.2) is 0 Å². The number of aromatic nitrogens is 3. The molecule has 14 heavy (non-hydrogen) atoms. The number of halogens is 3. The monoisotopic (exact) mass is 207 g/mol. The van der Waals surface area contributed by atoms with Gasteiger partial charge in [-0.2, -0.15) is 13.2 Å². The van der Waals surface area contributed by atoms with Crippen molar-refractivity contribution < 1.29 is 13.2 Å². The molecule has 6 heteroatoms. The predicted octanol–water partition coefficient (Wildman–Crippen LogP) is 2.14. The SMILES string of the molecule is CC(C)(C)n1cnnc1CC(F)(F)F. The highest BCUT2D eigenvalue weighted by Crippen LogP contribution is 2.23. The minimum absolute atomic E-state index is 0.0509. The third kappa shape index (κ3) is 2.71. The van der Waals surface area contributed by atoms with Gasteiger partial charge >= 0.3 is 6.18 Å². The average Bonchev–Trinajstić information content (AvgIpc) is 2.29. The zero-order valence-corrected chi connectivity index (χ0v) is 8.26. The van der Waals surface area contributed by atoms with Gasteiger partial charge in [0.05, 0.1) is 0 Å². The van der Waals surface area contributed by atoms with E-state index in [9.17, 15) is 13.2 Å². The first-order valence-corrected chi connectivity index (χ1v) is 4.16. The third-order valence-corrected chi connectivity index (χ3v) is 1.70. The molecule has 1 aromatic heterocycles. The van der Waals surface area contributed by atoms with E-state index in [1.54, 1.807) is 20.8 Å². The summed E-state index contributed by atoms with van der Waals surface area (Å²) < 4.78 is 37.7. The second-order valence-corrected chi connectivity index (χ2v) is 4.08. The molecular weight excluding hydrogens is 195 g/mol. The van der Waals surface area contributed by atoms with Crippen LogP contribution >= 0.6 is 0 Å². The maximum Gasteiger partial charge on any atom is 0.396 e. The Hall–Kier alpha value is -1.07. The van der Waals surface area contributed by atoms with E-state index in [0.29, 0.717) is 0 Å². The Kier molecular flexibility index (Phi) is 2.56. The highest BCUT2D eigenvalue weighted by Gasteiger charge is 2.32. The molecule has 0 aromatic carbocycles. The van der Waals surface area contributed by atoms with E-state index in [1.807, 2.05) is 0 Å². The van der Waals surface area contributed by atoms with Crippen LogP contribution in [0.3, 0.4) is 0 Å². The van der Waals surface area contributed by atoms with Gasteiger partial charge in [0, 0.05) is 5.54 Å². The number of alkyl halides is 3. The van der Waals surface area contributed by atoms with Crippen LogP contribution in [-0.2, 0) is 12.0 Å². The van der Waals surface area contributed by atoms with Crippen molar-refractivity contribution >= 4 is 0 Å². The first kappa shape index (κ1) is 11.0. The molecule has 0 aliphatic carbocycles. The molecule has 0 aliphatic heterocycles. The molecule has 0 atom stereocenters. The first-order valence-electron chi connectivity index (χ1n) is 4.16. The van der Waals surface area contributed by atoms with E-state index < -0.39 is 18.1 Å². The fourth-order valence-corrected chi connectivity index (χ4v) is 1.12. The fraction of sp³-hybridized carbons (Fsp3) is 0.750. The van der Waals surface area contributed by atoms with Gasteiger partial charge in [0.1, 0.15) is 18.6 Å². The van der Waals surface area contributed by atoms with Crippen molar-refractivity contribution in [2.24, 2.45) is 0 Å². The number of hydrogen-bond acceptors (Lipinski definition) is 2. The van der Waals surface area contributed by atoms with E-state index in [2.05, 4.69) is 10.2 Å². The minimum atomic E-state index is -4.24. The lowest BCUT2D eigenvalue weighted by atomic mass is 10.1. The van der Waals surface area contributed by atoms with Gasteiger partial charge < -0.3 is 4.57 Å². The van der Waals surface area contributed by atoms with E-state index in [0.717, 1.165) is 0 Å². The smallest absolute Gasteiger partial charge is 0.312 e. The molecule has 3 nitrogen and oxygen atoms in total. The summed E-state index contributed by atoms with van der Waals surface area (Å²) in [4.78, 5) is 0. The average molecular weight is 207 g/mol. The van der Waals surface area contributed by atoms with Crippen LogP contribution < -0.4 is 0 Å². The molecule has 80 valence electrons. The number of nitrogens with zero attached hydrogens (tertiary/aromatic N) is 3. The fourth-order valence-electron chi connectivity index (χ4n) is 1.12. The van der Waals surface area contributed by atoms with Gasteiger partial charge in [0.25, 0.3) is 0 Å². The summed E-state index contributed by atoms with van der Waals surface area (Å²) in [5.41, 5.74) is -0.427. The molecule has 0 fully saturated rings. The lowest BCUT2D eigenvalue weighted by Crippen LogP contribution is -2.26. The van der Waals surface area contributed by atoms with Crippen molar-refractivity contribution in [1.82, 2.24) is 14.8 Å². The predicted molar refractivity (Wildman–Crippen MR) is 44.8 cm³/mol. The maximum absolute atomic E-state index is 12.1. The molecule has 0 radical (unpaired) electrons. The molecule has 0 bridgehead atoms. The minimum Gasteiger partial charge on any atom is -0.312 e. The van der Waals surface area contributed by atoms with Crippen LogP contribution in [0.5, 0.6) is 0 Å². The molecule has 0 aliphatic rings. The molecular formula is C8H12F3N3. The summed E-state index contributed by atoms with van der Waals surface area (Å²) in [6, 6.07) is 0. The Bertz CT molecular complexity index is 308. The molecule has 0 spiro atoms. The van der Waals surface area contributed by atoms with Gasteiger partial charge in [-0.1, -0.05) is 0 Å². The Morgan fingerprint density at radius 2 is 1.86 bits per heavy atom. The summed E-state index contributed by atoms with van der Waals surface area (Å²) in [7, 11) is 0. The number of rotatable bonds is 1. The van der Waals surface area contributed by atoms with Gasteiger partial charge in [0.2, 0.25) is 0 Å². The zero-order valence-electron chi connectivity index (χ0n) is 8.26. The summed E-state index contributed by atoms with van der Waals surface area (Å²) >= 11 is 0. The van der Waals surface area contributed by atoms with Gasteiger partial charge in [-0.05, 0) is 20.8 Å². The molecule has 0 saturated carbocycles. The summed E-state index contributed by atoms with van der Waals surface area (Å²) in [6.45, 7) is 5.41. The van der Waals surface area contributed by atoms with Crippen molar-refractivity contribution in [1.29, 1.82) is 0 Å². The Labute approximate surface area is 79.9 Å². The molecule has 0 N–H and O–H groups in total. The Balaban J connectivity index is 2.95. The van der Waals surface area contributed by atoms with Crippen LogP contribution in [0.25, 0.3) is 0 Å². The number of hydrogen-bond donors (Lipinski definition) is 0. The summed E-state index contributed by atoms with van der Waals surface area (Å²) in [5, 5.41) is 6.95. The van der Waals surface area contributed by atoms with Gasteiger partial charge in [-0.15, -0.1) is 10.2 Å². The molecule has 0 unspecified atom stereocenters. The lowest BCUT2D eigenvalue weighted by molar-refractivity contribution is -0.129.